The zero-order valence-electron chi connectivity index (χ0n) is 14.4. The molecule has 0 radical (unpaired) electrons. The van der Waals surface area contributed by atoms with Crippen LogP contribution in [-0.4, -0.2) is 29.8 Å². The van der Waals surface area contributed by atoms with Crippen LogP contribution in [0.2, 0.25) is 0 Å². The molecule has 0 fully saturated rings. The first-order valence-electron chi connectivity index (χ1n) is 8.40. The average Bonchev–Trinajstić information content (AvgIpc) is 3.07. The first-order valence-corrected chi connectivity index (χ1v) is 8.40. The number of nitrogens with zero attached hydrogens (tertiary/aromatic N) is 1. The van der Waals surface area contributed by atoms with Crippen LogP contribution in [0, 0.1) is 0 Å². The van der Waals surface area contributed by atoms with Crippen LogP contribution < -0.4 is 10.2 Å². The van der Waals surface area contributed by atoms with Crippen molar-refractivity contribution in [2.75, 3.05) is 23.3 Å². The summed E-state index contributed by atoms with van der Waals surface area (Å²) in [7, 11) is 0. The summed E-state index contributed by atoms with van der Waals surface area (Å²) in [6.07, 6.45) is 1.58. The van der Waals surface area contributed by atoms with E-state index >= 15 is 0 Å². The second-order valence-electron chi connectivity index (χ2n) is 5.75. The molecular formula is C20H21N3O2. The lowest BCUT2D eigenvalue weighted by Gasteiger charge is -2.21. The highest BCUT2D eigenvalue weighted by Crippen LogP contribution is 2.20. The van der Waals surface area contributed by atoms with Gasteiger partial charge < -0.3 is 15.2 Å². The minimum Gasteiger partial charge on any atom is -0.372 e. The number of hydrogen-bond donors (Lipinski definition) is 2. The zero-order chi connectivity index (χ0) is 17.8. The molecule has 0 atom stereocenters. The van der Waals surface area contributed by atoms with E-state index in [0.717, 1.165) is 29.7 Å². The lowest BCUT2D eigenvalue weighted by atomic mass is 10.1. The number of para-hydroxylation sites is 1. The molecule has 2 N–H and O–H groups in total. The Balaban J connectivity index is 1.74. The molecule has 0 bridgehead atoms. The van der Waals surface area contributed by atoms with E-state index in [1.54, 1.807) is 6.20 Å². The topological polar surface area (TPSA) is 65.2 Å². The Morgan fingerprint density at radius 3 is 2.36 bits per heavy atom. The largest absolute Gasteiger partial charge is 0.372 e. The fraction of sp³-hybridized carbons (Fsp3) is 0.200. The number of anilines is 2. The van der Waals surface area contributed by atoms with Crippen molar-refractivity contribution in [2.24, 2.45) is 0 Å². The Bertz CT molecular complexity index is 893. The van der Waals surface area contributed by atoms with E-state index in [4.69, 9.17) is 0 Å². The van der Waals surface area contributed by atoms with Gasteiger partial charge >= 0.3 is 0 Å². The van der Waals surface area contributed by atoms with Gasteiger partial charge in [-0.25, -0.2) is 0 Å². The zero-order valence-corrected chi connectivity index (χ0v) is 14.4. The molecule has 128 valence electrons. The molecule has 5 nitrogen and oxygen atoms in total. The van der Waals surface area contributed by atoms with Crippen LogP contribution in [-0.2, 0) is 4.79 Å². The van der Waals surface area contributed by atoms with Gasteiger partial charge in [0.15, 0.2) is 0 Å². The average molecular weight is 335 g/mol. The molecule has 0 spiro atoms. The molecule has 0 aliphatic carbocycles. The highest BCUT2D eigenvalue weighted by atomic mass is 16.2. The Labute approximate surface area is 146 Å². The molecule has 3 aromatic rings. The number of nitrogens with one attached hydrogen (secondary N) is 2. The second-order valence-corrected chi connectivity index (χ2v) is 5.75. The van der Waals surface area contributed by atoms with Crippen LogP contribution in [0.4, 0.5) is 11.4 Å². The van der Waals surface area contributed by atoms with Crippen molar-refractivity contribution in [3.63, 3.8) is 0 Å². The lowest BCUT2D eigenvalue weighted by molar-refractivity contribution is -0.112. The van der Waals surface area contributed by atoms with Crippen LogP contribution in [0.25, 0.3) is 10.9 Å². The summed E-state index contributed by atoms with van der Waals surface area (Å²) in [6, 6.07) is 14.9. The third-order valence-corrected chi connectivity index (χ3v) is 4.29. The van der Waals surface area contributed by atoms with Gasteiger partial charge in [0.25, 0.3) is 11.7 Å². The molecule has 0 saturated carbocycles. The summed E-state index contributed by atoms with van der Waals surface area (Å²) in [4.78, 5) is 30.0. The number of rotatable bonds is 6. The summed E-state index contributed by atoms with van der Waals surface area (Å²) in [5, 5.41) is 3.43. The maximum atomic E-state index is 12.5. The molecular weight excluding hydrogens is 314 g/mol. The maximum Gasteiger partial charge on any atom is 0.296 e. The molecule has 1 amide bonds. The number of carbonyl (C=O) groups is 2. The van der Waals surface area contributed by atoms with E-state index in [2.05, 4.69) is 29.0 Å². The predicted molar refractivity (Wildman–Crippen MR) is 101 cm³/mol. The maximum absolute atomic E-state index is 12.5. The molecule has 0 saturated heterocycles. The number of fused-ring (bicyclic) bond motifs is 1. The number of benzene rings is 2. The van der Waals surface area contributed by atoms with Gasteiger partial charge in [0.05, 0.1) is 5.56 Å². The number of ketones is 1. The number of Topliss-reactive ketones (excluding diaryl/α,β-unsaturated/α-hetero) is 1. The Kier molecular flexibility index (Phi) is 4.84. The van der Waals surface area contributed by atoms with Crippen LogP contribution in [0.15, 0.2) is 54.7 Å². The molecule has 1 heterocycles. The van der Waals surface area contributed by atoms with Gasteiger partial charge in [0.2, 0.25) is 0 Å². The molecule has 2 aromatic carbocycles. The standard InChI is InChI=1S/C20H21N3O2/c1-3-23(4-2)15-11-9-14(10-12-15)22-20(25)19(24)17-13-21-18-8-6-5-7-16(17)18/h5-13,21H,3-4H2,1-2H3,(H,22,25). The predicted octanol–water partition coefficient (Wildman–Crippen LogP) is 3.84. The number of carbonyl (C=O) groups excluding carboxylic acids is 2. The highest BCUT2D eigenvalue weighted by Gasteiger charge is 2.20. The third-order valence-electron chi connectivity index (χ3n) is 4.29. The van der Waals surface area contributed by atoms with Gasteiger partial charge in [-0.3, -0.25) is 9.59 Å². The fourth-order valence-electron chi connectivity index (χ4n) is 2.91. The Hall–Kier alpha value is -3.08. The number of amides is 1. The summed E-state index contributed by atoms with van der Waals surface area (Å²) < 4.78 is 0. The normalized spacial score (nSPS) is 10.6. The summed E-state index contributed by atoms with van der Waals surface area (Å²) in [5.74, 6) is -1.19. The molecule has 0 aliphatic heterocycles. The van der Waals surface area contributed by atoms with E-state index < -0.39 is 11.7 Å². The number of hydrogen-bond acceptors (Lipinski definition) is 3. The Morgan fingerprint density at radius 1 is 1.00 bits per heavy atom. The van der Waals surface area contributed by atoms with Gasteiger partial charge in [0, 0.05) is 41.6 Å². The van der Waals surface area contributed by atoms with Crippen molar-refractivity contribution >= 4 is 34.0 Å². The molecule has 25 heavy (non-hydrogen) atoms. The van der Waals surface area contributed by atoms with Crippen molar-refractivity contribution in [3.8, 4) is 0 Å². The van der Waals surface area contributed by atoms with Crippen molar-refractivity contribution in [2.45, 2.75) is 13.8 Å². The quantitative estimate of drug-likeness (QED) is 0.531. The lowest BCUT2D eigenvalue weighted by Crippen LogP contribution is -2.23. The highest BCUT2D eigenvalue weighted by molar-refractivity contribution is 6.48. The third kappa shape index (κ3) is 3.40. The van der Waals surface area contributed by atoms with Gasteiger partial charge in [-0.2, -0.15) is 0 Å². The van der Waals surface area contributed by atoms with E-state index in [1.807, 2.05) is 48.5 Å². The number of aromatic amines is 1. The second kappa shape index (κ2) is 7.21. The molecule has 3 rings (SSSR count). The van der Waals surface area contributed by atoms with E-state index in [0.29, 0.717) is 11.3 Å². The summed E-state index contributed by atoms with van der Waals surface area (Å²) >= 11 is 0. The van der Waals surface area contributed by atoms with E-state index in [1.165, 1.54) is 0 Å². The molecule has 1 aromatic heterocycles. The summed E-state index contributed by atoms with van der Waals surface area (Å²) in [5.41, 5.74) is 2.91. The minimum absolute atomic E-state index is 0.382. The van der Waals surface area contributed by atoms with Gasteiger partial charge in [0.1, 0.15) is 0 Å². The Morgan fingerprint density at radius 2 is 1.68 bits per heavy atom. The van der Waals surface area contributed by atoms with E-state index in [-0.39, 0.29) is 0 Å². The van der Waals surface area contributed by atoms with Gasteiger partial charge in [-0.05, 0) is 44.2 Å². The van der Waals surface area contributed by atoms with Crippen molar-refractivity contribution in [1.29, 1.82) is 0 Å². The van der Waals surface area contributed by atoms with Crippen LogP contribution in [0.3, 0.4) is 0 Å². The number of H-pyrrole nitrogens is 1. The smallest absolute Gasteiger partial charge is 0.296 e. The molecule has 0 unspecified atom stereocenters. The van der Waals surface area contributed by atoms with Gasteiger partial charge in [-0.15, -0.1) is 0 Å². The molecule has 5 heteroatoms. The number of aromatic nitrogens is 1. The summed E-state index contributed by atoms with van der Waals surface area (Å²) in [6.45, 7) is 6.03. The SMILES string of the molecule is CCN(CC)c1ccc(NC(=O)C(=O)c2c[nH]c3ccccc23)cc1. The molecule has 0 aliphatic rings. The van der Waals surface area contributed by atoms with Crippen LogP contribution >= 0.6 is 0 Å². The van der Waals surface area contributed by atoms with E-state index in [9.17, 15) is 9.59 Å². The van der Waals surface area contributed by atoms with Crippen molar-refractivity contribution < 1.29 is 9.59 Å². The monoisotopic (exact) mass is 335 g/mol. The first-order chi connectivity index (χ1) is 12.1. The van der Waals surface area contributed by atoms with Crippen molar-refractivity contribution in [3.05, 3.63) is 60.3 Å². The fourth-order valence-corrected chi connectivity index (χ4v) is 2.91. The van der Waals surface area contributed by atoms with Crippen LogP contribution in [0.1, 0.15) is 24.2 Å². The van der Waals surface area contributed by atoms with Crippen molar-refractivity contribution in [1.82, 2.24) is 4.98 Å². The minimum atomic E-state index is -0.639. The van der Waals surface area contributed by atoms with Crippen LogP contribution in [0.5, 0.6) is 0 Å². The van der Waals surface area contributed by atoms with Gasteiger partial charge in [-0.1, -0.05) is 18.2 Å². The first kappa shape index (κ1) is 16.8.